The van der Waals surface area contributed by atoms with Crippen LogP contribution in [0.15, 0.2) is 18.2 Å². The molecule has 3 N–H and O–H groups in total. The molecule has 1 amide bonds. The molecular formula is C21H34N2O4. The number of aliphatic hydroxyl groups is 1. The summed E-state index contributed by atoms with van der Waals surface area (Å²) in [6.07, 6.45) is 1.61. The molecule has 0 aromatic heterocycles. The molecule has 152 valence electrons. The van der Waals surface area contributed by atoms with Crippen LogP contribution in [0.1, 0.15) is 65.0 Å². The molecule has 6 heteroatoms. The molecule has 0 aliphatic carbocycles. The van der Waals surface area contributed by atoms with Crippen molar-refractivity contribution in [2.75, 3.05) is 14.2 Å². The lowest BCUT2D eigenvalue weighted by Crippen LogP contribution is -2.62. The van der Waals surface area contributed by atoms with Crippen molar-refractivity contribution in [2.45, 2.75) is 76.6 Å². The molecular weight excluding hydrogens is 344 g/mol. The molecule has 1 saturated heterocycles. The maximum Gasteiger partial charge on any atom is 0.220 e. The highest BCUT2D eigenvalue weighted by molar-refractivity contribution is 5.76. The molecule has 1 aromatic rings. The van der Waals surface area contributed by atoms with Gasteiger partial charge >= 0.3 is 0 Å². The zero-order chi connectivity index (χ0) is 20.2. The van der Waals surface area contributed by atoms with Crippen LogP contribution in [0.2, 0.25) is 0 Å². The first-order valence-electron chi connectivity index (χ1n) is 9.54. The van der Waals surface area contributed by atoms with Crippen molar-refractivity contribution in [1.29, 1.82) is 0 Å². The Balaban J connectivity index is 1.92. The van der Waals surface area contributed by atoms with Crippen molar-refractivity contribution in [3.8, 4) is 11.5 Å². The molecule has 1 unspecified atom stereocenters. The molecule has 1 aliphatic heterocycles. The van der Waals surface area contributed by atoms with Crippen molar-refractivity contribution in [2.24, 2.45) is 0 Å². The fraction of sp³-hybridized carbons (Fsp3) is 0.667. The van der Waals surface area contributed by atoms with Crippen molar-refractivity contribution in [1.82, 2.24) is 10.6 Å². The predicted molar refractivity (Wildman–Crippen MR) is 106 cm³/mol. The quantitative estimate of drug-likeness (QED) is 0.680. The maximum absolute atomic E-state index is 12.4. The second kappa shape index (κ2) is 8.48. The number of hydrogen-bond donors (Lipinski definition) is 3. The van der Waals surface area contributed by atoms with Crippen LogP contribution in [0.3, 0.4) is 0 Å². The molecule has 0 bridgehead atoms. The van der Waals surface area contributed by atoms with E-state index < -0.39 is 6.10 Å². The summed E-state index contributed by atoms with van der Waals surface area (Å²) in [5.74, 6) is 1.20. The summed E-state index contributed by atoms with van der Waals surface area (Å²) >= 11 is 0. The zero-order valence-electron chi connectivity index (χ0n) is 17.4. The Morgan fingerprint density at radius 3 is 2.41 bits per heavy atom. The van der Waals surface area contributed by atoms with E-state index in [0.717, 1.165) is 12.8 Å². The highest BCUT2D eigenvalue weighted by Crippen LogP contribution is 2.32. The third-order valence-electron chi connectivity index (χ3n) is 5.00. The zero-order valence-corrected chi connectivity index (χ0v) is 17.4. The highest BCUT2D eigenvalue weighted by Gasteiger charge is 2.38. The van der Waals surface area contributed by atoms with E-state index >= 15 is 0 Å². The lowest BCUT2D eigenvalue weighted by atomic mass is 9.79. The Bertz CT molecular complexity index is 642. The number of carbonyl (C=O) groups excluding carboxylic acids is 1. The topological polar surface area (TPSA) is 79.8 Å². The molecule has 1 aromatic carbocycles. The minimum absolute atomic E-state index is 0.0182. The summed E-state index contributed by atoms with van der Waals surface area (Å²) in [5.41, 5.74) is 0.626. The van der Waals surface area contributed by atoms with Crippen molar-refractivity contribution < 1.29 is 19.4 Å². The van der Waals surface area contributed by atoms with Gasteiger partial charge in [0.2, 0.25) is 5.91 Å². The molecule has 2 rings (SSSR count). The Hall–Kier alpha value is -1.79. The van der Waals surface area contributed by atoms with E-state index in [1.165, 1.54) is 0 Å². The molecule has 27 heavy (non-hydrogen) atoms. The van der Waals surface area contributed by atoms with Crippen LogP contribution in [0.5, 0.6) is 11.5 Å². The summed E-state index contributed by atoms with van der Waals surface area (Å²) in [7, 11) is 3.14. The minimum Gasteiger partial charge on any atom is -0.497 e. The number of nitrogens with one attached hydrogen (secondary N) is 2. The lowest BCUT2D eigenvalue weighted by molar-refractivity contribution is -0.122. The molecule has 1 atom stereocenters. The van der Waals surface area contributed by atoms with Crippen LogP contribution >= 0.6 is 0 Å². The van der Waals surface area contributed by atoms with Crippen LogP contribution < -0.4 is 20.1 Å². The first-order valence-corrected chi connectivity index (χ1v) is 9.54. The lowest BCUT2D eigenvalue weighted by Gasteiger charge is -2.46. The Morgan fingerprint density at radius 1 is 1.22 bits per heavy atom. The van der Waals surface area contributed by atoms with E-state index in [2.05, 4.69) is 38.3 Å². The Kier molecular flexibility index (Phi) is 6.76. The summed E-state index contributed by atoms with van der Waals surface area (Å²) in [5, 5.41) is 17.3. The van der Waals surface area contributed by atoms with Crippen LogP contribution in [0, 0.1) is 0 Å². The minimum atomic E-state index is -0.766. The van der Waals surface area contributed by atoms with Crippen molar-refractivity contribution >= 4 is 5.91 Å². The van der Waals surface area contributed by atoms with Gasteiger partial charge in [-0.15, -0.1) is 0 Å². The standard InChI is InChI=1S/C21H34N2O4/c1-20(2)12-14(13-21(3,4)23-20)22-19(25)10-9-17(24)16-8-7-15(26-5)11-18(16)27-6/h7-8,11,14,17,23-24H,9-10,12-13H2,1-6H3,(H,22,25). The molecule has 0 saturated carbocycles. The van der Waals surface area contributed by atoms with Crippen LogP contribution in [-0.2, 0) is 4.79 Å². The molecule has 1 aliphatic rings. The first kappa shape index (κ1) is 21.5. The largest absolute Gasteiger partial charge is 0.497 e. The normalized spacial score (nSPS) is 20.0. The fourth-order valence-electron chi connectivity index (χ4n) is 4.24. The average Bonchev–Trinajstić information content (AvgIpc) is 2.56. The summed E-state index contributed by atoms with van der Waals surface area (Å²) in [4.78, 5) is 12.4. The van der Waals surface area contributed by atoms with Gasteiger partial charge in [0.1, 0.15) is 11.5 Å². The second-order valence-electron chi connectivity index (χ2n) is 8.73. The van der Waals surface area contributed by atoms with E-state index in [-0.39, 0.29) is 29.4 Å². The molecule has 1 heterocycles. The summed E-state index contributed by atoms with van der Waals surface area (Å²) in [6.45, 7) is 8.64. The monoisotopic (exact) mass is 378 g/mol. The number of aliphatic hydroxyl groups excluding tert-OH is 1. The van der Waals surface area contributed by atoms with Gasteiger partial charge in [-0.1, -0.05) is 0 Å². The second-order valence-corrected chi connectivity index (χ2v) is 8.73. The smallest absolute Gasteiger partial charge is 0.220 e. The van der Waals surface area contributed by atoms with Gasteiger partial charge in [0.05, 0.1) is 20.3 Å². The maximum atomic E-state index is 12.4. The Morgan fingerprint density at radius 2 is 1.85 bits per heavy atom. The van der Waals surface area contributed by atoms with Gasteiger partial charge in [-0.05, 0) is 59.1 Å². The van der Waals surface area contributed by atoms with E-state index in [1.54, 1.807) is 32.4 Å². The third-order valence-corrected chi connectivity index (χ3v) is 5.00. The van der Waals surface area contributed by atoms with E-state index in [9.17, 15) is 9.90 Å². The van der Waals surface area contributed by atoms with Gasteiger partial charge in [0, 0.05) is 35.2 Å². The number of benzene rings is 1. The molecule has 1 fully saturated rings. The van der Waals surface area contributed by atoms with Gasteiger partial charge in [0.25, 0.3) is 0 Å². The van der Waals surface area contributed by atoms with Gasteiger partial charge in [-0.2, -0.15) is 0 Å². The van der Waals surface area contributed by atoms with E-state index in [1.807, 2.05) is 0 Å². The fourth-order valence-corrected chi connectivity index (χ4v) is 4.24. The number of ether oxygens (including phenoxy) is 2. The van der Waals surface area contributed by atoms with Gasteiger partial charge in [-0.3, -0.25) is 4.79 Å². The van der Waals surface area contributed by atoms with Gasteiger partial charge in [0.15, 0.2) is 0 Å². The first-order chi connectivity index (χ1) is 12.5. The van der Waals surface area contributed by atoms with Crippen molar-refractivity contribution in [3.63, 3.8) is 0 Å². The highest BCUT2D eigenvalue weighted by atomic mass is 16.5. The molecule has 6 nitrogen and oxygen atoms in total. The van der Waals surface area contributed by atoms with Crippen LogP contribution in [0.25, 0.3) is 0 Å². The Labute approximate surface area is 162 Å². The number of methoxy groups -OCH3 is 2. The summed E-state index contributed by atoms with van der Waals surface area (Å²) in [6, 6.07) is 5.42. The van der Waals surface area contributed by atoms with E-state index in [4.69, 9.17) is 9.47 Å². The number of rotatable bonds is 7. The number of amides is 1. The number of carbonyl (C=O) groups is 1. The number of piperidine rings is 1. The van der Waals surface area contributed by atoms with Gasteiger partial charge < -0.3 is 25.2 Å². The third kappa shape index (κ3) is 6.11. The summed E-state index contributed by atoms with van der Waals surface area (Å²) < 4.78 is 10.5. The SMILES string of the molecule is COc1ccc(C(O)CCC(=O)NC2CC(C)(C)NC(C)(C)C2)c(OC)c1. The predicted octanol–water partition coefficient (Wildman–Crippen LogP) is 2.94. The molecule has 0 radical (unpaired) electrons. The van der Waals surface area contributed by atoms with Gasteiger partial charge in [-0.25, -0.2) is 0 Å². The van der Waals surface area contributed by atoms with Crippen LogP contribution in [-0.4, -0.2) is 42.4 Å². The van der Waals surface area contributed by atoms with E-state index in [0.29, 0.717) is 23.5 Å². The van der Waals surface area contributed by atoms with Crippen molar-refractivity contribution in [3.05, 3.63) is 23.8 Å². The number of hydrogen-bond acceptors (Lipinski definition) is 5. The average molecular weight is 379 g/mol. The molecule has 0 spiro atoms. The van der Waals surface area contributed by atoms with Crippen LogP contribution in [0.4, 0.5) is 0 Å².